The smallest absolute Gasteiger partial charge is 0.172 e. The first-order valence-corrected chi connectivity index (χ1v) is 4.34. The molecule has 62 valence electrons. The van der Waals surface area contributed by atoms with Gasteiger partial charge in [0, 0.05) is 12.6 Å². The van der Waals surface area contributed by atoms with Gasteiger partial charge in [0.1, 0.15) is 5.52 Å². The molecule has 0 bridgehead atoms. The highest BCUT2D eigenvalue weighted by Crippen LogP contribution is 2.21. The van der Waals surface area contributed by atoms with Crippen LogP contribution in [0, 0.1) is 0 Å². The average molecular weight is 227 g/mol. The fraction of sp³-hybridized carbons (Fsp3) is 0.125. The third kappa shape index (κ3) is 1.23. The van der Waals surface area contributed by atoms with Crippen LogP contribution in [-0.2, 0) is 6.54 Å². The first-order chi connectivity index (χ1) is 5.79. The second-order valence-electron chi connectivity index (χ2n) is 2.44. The molecule has 0 saturated carbocycles. The summed E-state index contributed by atoms with van der Waals surface area (Å²) in [6, 6.07) is 5.56. The molecule has 0 aromatic carbocycles. The third-order valence-corrected chi connectivity index (χ3v) is 2.00. The number of nitrogens with zero attached hydrogens (tertiary/aromatic N) is 1. The molecule has 0 aliphatic rings. The van der Waals surface area contributed by atoms with E-state index < -0.39 is 0 Å². The molecule has 0 unspecified atom stereocenters. The standard InChI is InChI=1S/C8H7BrN2O/c9-8-3-6-7(12-8)2-1-5(4-10)11-6/h1-3H,4,10H2. The summed E-state index contributed by atoms with van der Waals surface area (Å²) in [6.45, 7) is 0.457. The van der Waals surface area contributed by atoms with Crippen LogP contribution in [0.5, 0.6) is 0 Å². The van der Waals surface area contributed by atoms with Crippen molar-refractivity contribution in [1.29, 1.82) is 0 Å². The number of rotatable bonds is 1. The summed E-state index contributed by atoms with van der Waals surface area (Å²) in [5.74, 6) is 0. The third-order valence-electron chi connectivity index (χ3n) is 1.61. The van der Waals surface area contributed by atoms with Gasteiger partial charge in [-0.3, -0.25) is 0 Å². The number of aromatic nitrogens is 1. The van der Waals surface area contributed by atoms with E-state index in [-0.39, 0.29) is 0 Å². The van der Waals surface area contributed by atoms with E-state index in [1.165, 1.54) is 0 Å². The summed E-state index contributed by atoms with van der Waals surface area (Å²) < 4.78 is 5.97. The van der Waals surface area contributed by atoms with Crippen molar-refractivity contribution < 1.29 is 4.42 Å². The molecule has 4 heteroatoms. The second-order valence-corrected chi connectivity index (χ2v) is 3.22. The van der Waals surface area contributed by atoms with Crippen LogP contribution in [-0.4, -0.2) is 4.98 Å². The molecule has 2 rings (SSSR count). The zero-order valence-corrected chi connectivity index (χ0v) is 7.84. The van der Waals surface area contributed by atoms with E-state index in [1.54, 1.807) is 0 Å². The second kappa shape index (κ2) is 2.88. The van der Waals surface area contributed by atoms with Crippen molar-refractivity contribution in [1.82, 2.24) is 4.98 Å². The van der Waals surface area contributed by atoms with Crippen molar-refractivity contribution in [2.75, 3.05) is 0 Å². The van der Waals surface area contributed by atoms with Crippen molar-refractivity contribution in [2.45, 2.75) is 6.54 Å². The summed E-state index contributed by atoms with van der Waals surface area (Å²) in [5, 5.41) is 0. The molecule has 0 aliphatic carbocycles. The SMILES string of the molecule is NCc1ccc2oc(Br)cc2n1. The Hall–Kier alpha value is -0.870. The molecule has 2 aromatic heterocycles. The normalized spacial score (nSPS) is 10.8. The Morgan fingerprint density at radius 3 is 3.08 bits per heavy atom. The van der Waals surface area contributed by atoms with E-state index in [0.29, 0.717) is 11.2 Å². The Labute approximate surface area is 77.7 Å². The molecular formula is C8H7BrN2O. The molecule has 0 aliphatic heterocycles. The number of halogens is 1. The van der Waals surface area contributed by atoms with Crippen LogP contribution >= 0.6 is 15.9 Å². The first-order valence-electron chi connectivity index (χ1n) is 3.54. The van der Waals surface area contributed by atoms with Crippen LogP contribution in [0.1, 0.15) is 5.69 Å². The van der Waals surface area contributed by atoms with Crippen LogP contribution in [0.3, 0.4) is 0 Å². The van der Waals surface area contributed by atoms with Crippen LogP contribution in [0.25, 0.3) is 11.1 Å². The predicted molar refractivity (Wildman–Crippen MR) is 49.6 cm³/mol. The van der Waals surface area contributed by atoms with Gasteiger partial charge in [-0.25, -0.2) is 4.98 Å². The maximum absolute atomic E-state index is 5.44. The van der Waals surface area contributed by atoms with E-state index >= 15 is 0 Å². The number of fused-ring (bicyclic) bond motifs is 1. The lowest BCUT2D eigenvalue weighted by Crippen LogP contribution is -1.98. The Kier molecular flexibility index (Phi) is 1.86. The van der Waals surface area contributed by atoms with Gasteiger partial charge in [-0.2, -0.15) is 0 Å². The van der Waals surface area contributed by atoms with Gasteiger partial charge >= 0.3 is 0 Å². The van der Waals surface area contributed by atoms with Gasteiger partial charge in [-0.15, -0.1) is 0 Å². The molecule has 3 nitrogen and oxygen atoms in total. The van der Waals surface area contributed by atoms with E-state index in [9.17, 15) is 0 Å². The highest BCUT2D eigenvalue weighted by atomic mass is 79.9. The van der Waals surface area contributed by atoms with Crippen LogP contribution in [0.4, 0.5) is 0 Å². The molecule has 12 heavy (non-hydrogen) atoms. The molecule has 0 atom stereocenters. The molecule has 2 aromatic rings. The molecule has 0 saturated heterocycles. The van der Waals surface area contributed by atoms with E-state index in [0.717, 1.165) is 16.8 Å². The van der Waals surface area contributed by atoms with Crippen LogP contribution < -0.4 is 5.73 Å². The lowest BCUT2D eigenvalue weighted by atomic mass is 10.3. The summed E-state index contributed by atoms with van der Waals surface area (Å²) in [6.07, 6.45) is 0. The van der Waals surface area contributed by atoms with Gasteiger partial charge in [0.15, 0.2) is 10.3 Å². The molecule has 2 N–H and O–H groups in total. The Bertz CT molecular complexity index is 410. The number of furan rings is 1. The maximum atomic E-state index is 5.44. The van der Waals surface area contributed by atoms with Gasteiger partial charge in [0.25, 0.3) is 0 Å². The number of hydrogen-bond acceptors (Lipinski definition) is 3. The number of hydrogen-bond donors (Lipinski definition) is 1. The Morgan fingerprint density at radius 1 is 1.50 bits per heavy atom. The van der Waals surface area contributed by atoms with E-state index in [1.807, 2.05) is 18.2 Å². The van der Waals surface area contributed by atoms with Gasteiger partial charge in [0.05, 0.1) is 5.69 Å². The summed E-state index contributed by atoms with van der Waals surface area (Å²) >= 11 is 3.23. The van der Waals surface area contributed by atoms with Gasteiger partial charge < -0.3 is 10.2 Å². The molecule has 0 fully saturated rings. The van der Waals surface area contributed by atoms with Crippen molar-refractivity contribution >= 4 is 27.0 Å². The molecular weight excluding hydrogens is 220 g/mol. The van der Waals surface area contributed by atoms with Crippen molar-refractivity contribution in [3.63, 3.8) is 0 Å². The van der Waals surface area contributed by atoms with Crippen molar-refractivity contribution in [3.8, 4) is 0 Å². The summed E-state index contributed by atoms with van der Waals surface area (Å²) in [5.41, 5.74) is 7.93. The highest BCUT2D eigenvalue weighted by Gasteiger charge is 2.02. The molecule has 2 heterocycles. The lowest BCUT2D eigenvalue weighted by Gasteiger charge is -1.92. The largest absolute Gasteiger partial charge is 0.448 e. The summed E-state index contributed by atoms with van der Waals surface area (Å²) in [7, 11) is 0. The van der Waals surface area contributed by atoms with Crippen molar-refractivity contribution in [2.24, 2.45) is 5.73 Å². The number of pyridine rings is 1. The molecule has 0 amide bonds. The predicted octanol–water partition coefficient (Wildman–Crippen LogP) is 2.05. The lowest BCUT2D eigenvalue weighted by molar-refractivity contribution is 0.587. The molecule has 0 radical (unpaired) electrons. The minimum Gasteiger partial charge on any atom is -0.448 e. The minimum atomic E-state index is 0.457. The molecule has 0 spiro atoms. The summed E-state index contributed by atoms with van der Waals surface area (Å²) in [4.78, 5) is 4.27. The highest BCUT2D eigenvalue weighted by molar-refractivity contribution is 9.10. The fourth-order valence-corrected chi connectivity index (χ4v) is 1.44. The van der Waals surface area contributed by atoms with Gasteiger partial charge in [-0.1, -0.05) is 0 Å². The van der Waals surface area contributed by atoms with Gasteiger partial charge in [0.2, 0.25) is 0 Å². The fourth-order valence-electron chi connectivity index (χ4n) is 1.05. The zero-order valence-electron chi connectivity index (χ0n) is 6.25. The van der Waals surface area contributed by atoms with Crippen molar-refractivity contribution in [3.05, 3.63) is 28.6 Å². The minimum absolute atomic E-state index is 0.457. The van der Waals surface area contributed by atoms with E-state index in [2.05, 4.69) is 20.9 Å². The zero-order chi connectivity index (χ0) is 8.55. The Balaban J connectivity index is 2.66. The average Bonchev–Trinajstić information content (AvgIpc) is 2.43. The quantitative estimate of drug-likeness (QED) is 0.810. The Morgan fingerprint density at radius 2 is 2.33 bits per heavy atom. The first kappa shape index (κ1) is 7.76. The maximum Gasteiger partial charge on any atom is 0.172 e. The number of nitrogens with two attached hydrogens (primary N) is 1. The topological polar surface area (TPSA) is 52.0 Å². The van der Waals surface area contributed by atoms with E-state index in [4.69, 9.17) is 10.2 Å². The monoisotopic (exact) mass is 226 g/mol. The van der Waals surface area contributed by atoms with Crippen LogP contribution in [0.15, 0.2) is 27.3 Å². The van der Waals surface area contributed by atoms with Gasteiger partial charge in [-0.05, 0) is 28.1 Å². The van der Waals surface area contributed by atoms with Crippen LogP contribution in [0.2, 0.25) is 0 Å².